The summed E-state index contributed by atoms with van der Waals surface area (Å²) < 4.78 is 43.0. The monoisotopic (exact) mass is 331 g/mol. The van der Waals surface area contributed by atoms with Gasteiger partial charge in [-0.15, -0.1) is 0 Å². The number of aromatic amines is 1. The molecule has 2 aromatic rings. The van der Waals surface area contributed by atoms with E-state index in [-0.39, 0.29) is 5.82 Å². The number of anilines is 1. The molecule has 0 aromatic carbocycles. The average molecular weight is 331 g/mol. The highest BCUT2D eigenvalue weighted by atomic mass is 19.4. The van der Waals surface area contributed by atoms with E-state index >= 15 is 0 Å². The summed E-state index contributed by atoms with van der Waals surface area (Å²) in [6.07, 6.45) is -1.17. The Morgan fingerprint density at radius 2 is 2.13 bits per heavy atom. The summed E-state index contributed by atoms with van der Waals surface area (Å²) in [5.74, 6) is 0.0295. The van der Waals surface area contributed by atoms with Gasteiger partial charge in [0.1, 0.15) is 17.9 Å². The molecule has 0 radical (unpaired) electrons. The van der Waals surface area contributed by atoms with Crippen LogP contribution in [0.15, 0.2) is 18.5 Å². The molecule has 0 spiro atoms. The number of aryl methyl sites for hydroxylation is 1. The van der Waals surface area contributed by atoms with E-state index in [9.17, 15) is 18.0 Å². The number of aromatic nitrogens is 4. The molecule has 0 fully saturated rings. The van der Waals surface area contributed by atoms with E-state index in [1.807, 2.05) is 0 Å². The molecule has 2 heterocycles. The first-order valence-electron chi connectivity index (χ1n) is 6.64. The minimum atomic E-state index is -4.50. The van der Waals surface area contributed by atoms with Crippen LogP contribution in [-0.2, 0) is 16.6 Å². The molecule has 0 atom stereocenters. The topological polar surface area (TPSA) is 84.8 Å². The molecular weight excluding hydrogens is 315 g/mol. The lowest BCUT2D eigenvalue weighted by Gasteiger charge is -2.24. The lowest BCUT2D eigenvalue weighted by Crippen LogP contribution is -2.42. The van der Waals surface area contributed by atoms with E-state index in [0.717, 1.165) is 0 Å². The van der Waals surface area contributed by atoms with Gasteiger partial charge in [-0.05, 0) is 13.8 Å². The maximum Gasteiger partial charge on any atom is 0.411 e. The van der Waals surface area contributed by atoms with Gasteiger partial charge in [-0.25, -0.2) is 4.98 Å². The van der Waals surface area contributed by atoms with Crippen LogP contribution in [0.2, 0.25) is 0 Å². The summed E-state index contributed by atoms with van der Waals surface area (Å²) in [5.41, 5.74) is -1.10. The van der Waals surface area contributed by atoms with E-state index in [1.165, 1.54) is 19.9 Å². The van der Waals surface area contributed by atoms with Crippen LogP contribution in [0.25, 0.3) is 11.5 Å². The normalized spacial score (nSPS) is 12.4. The van der Waals surface area contributed by atoms with Crippen LogP contribution in [-0.4, -0.2) is 44.0 Å². The van der Waals surface area contributed by atoms with Gasteiger partial charge in [0.25, 0.3) is 5.91 Å². The molecule has 0 unspecified atom stereocenters. The number of nitrogens with one attached hydrogen (secondary N) is 2. The Balaban J connectivity index is 2.03. The molecule has 2 N–H and O–H groups in total. The van der Waals surface area contributed by atoms with Crippen LogP contribution in [0.5, 0.6) is 0 Å². The van der Waals surface area contributed by atoms with Gasteiger partial charge in [0.2, 0.25) is 0 Å². The van der Waals surface area contributed by atoms with Gasteiger partial charge in [-0.1, -0.05) is 0 Å². The fraction of sp³-hybridized carbons (Fsp3) is 0.462. The quantitative estimate of drug-likeness (QED) is 0.879. The van der Waals surface area contributed by atoms with Crippen molar-refractivity contribution in [2.24, 2.45) is 7.05 Å². The van der Waals surface area contributed by atoms with Crippen LogP contribution in [0.3, 0.4) is 0 Å². The second-order valence-electron chi connectivity index (χ2n) is 5.40. The molecule has 0 aliphatic heterocycles. The Labute approximate surface area is 129 Å². The number of nitrogens with zero attached hydrogens (tertiary/aromatic N) is 3. The molecule has 0 saturated heterocycles. The SMILES string of the molecule is Cn1ccnc1-c1cc(NC(=O)C(C)(C)OCC(F)(F)F)n[nH]1. The Kier molecular flexibility index (Phi) is 4.46. The van der Waals surface area contributed by atoms with Crippen molar-refractivity contribution in [3.8, 4) is 11.5 Å². The summed E-state index contributed by atoms with van der Waals surface area (Å²) in [6, 6.07) is 1.53. The maximum absolute atomic E-state index is 12.2. The highest BCUT2D eigenvalue weighted by Gasteiger charge is 2.36. The minimum absolute atomic E-state index is 0.164. The number of imidazole rings is 1. The highest BCUT2D eigenvalue weighted by Crippen LogP contribution is 2.22. The highest BCUT2D eigenvalue weighted by molar-refractivity contribution is 5.96. The zero-order valence-corrected chi connectivity index (χ0v) is 12.7. The van der Waals surface area contributed by atoms with Crippen LogP contribution in [0, 0.1) is 0 Å². The van der Waals surface area contributed by atoms with Crippen molar-refractivity contribution >= 4 is 11.7 Å². The van der Waals surface area contributed by atoms with Gasteiger partial charge in [0, 0.05) is 25.5 Å². The number of H-pyrrole nitrogens is 1. The molecule has 2 rings (SSSR count). The van der Waals surface area contributed by atoms with E-state index < -0.39 is 24.3 Å². The average Bonchev–Trinajstić information content (AvgIpc) is 3.04. The van der Waals surface area contributed by atoms with Gasteiger partial charge in [-0.2, -0.15) is 18.3 Å². The van der Waals surface area contributed by atoms with Crippen molar-refractivity contribution in [1.29, 1.82) is 0 Å². The molecule has 0 aliphatic rings. The third-order valence-electron chi connectivity index (χ3n) is 3.03. The molecule has 0 saturated carbocycles. The van der Waals surface area contributed by atoms with E-state index in [1.54, 1.807) is 24.0 Å². The lowest BCUT2D eigenvalue weighted by atomic mass is 10.1. The Morgan fingerprint density at radius 1 is 1.43 bits per heavy atom. The number of hydrogen-bond acceptors (Lipinski definition) is 4. The zero-order chi connectivity index (χ0) is 17.3. The lowest BCUT2D eigenvalue weighted by molar-refractivity contribution is -0.199. The number of amides is 1. The predicted octanol–water partition coefficient (Wildman–Crippen LogP) is 2.11. The minimum Gasteiger partial charge on any atom is -0.356 e. The first kappa shape index (κ1) is 17.0. The summed E-state index contributed by atoms with van der Waals surface area (Å²) >= 11 is 0. The molecule has 23 heavy (non-hydrogen) atoms. The Hall–Kier alpha value is -2.36. The van der Waals surface area contributed by atoms with Crippen molar-refractivity contribution in [2.75, 3.05) is 11.9 Å². The van der Waals surface area contributed by atoms with Crippen LogP contribution in [0.4, 0.5) is 19.0 Å². The van der Waals surface area contributed by atoms with Crippen molar-refractivity contribution < 1.29 is 22.7 Å². The van der Waals surface area contributed by atoms with Gasteiger partial charge >= 0.3 is 6.18 Å². The molecule has 7 nitrogen and oxygen atoms in total. The third kappa shape index (κ3) is 4.31. The van der Waals surface area contributed by atoms with Gasteiger partial charge < -0.3 is 14.6 Å². The first-order chi connectivity index (χ1) is 10.6. The number of alkyl halides is 3. The third-order valence-corrected chi connectivity index (χ3v) is 3.03. The number of ether oxygens (including phenoxy) is 1. The summed E-state index contributed by atoms with van der Waals surface area (Å²) in [6.45, 7) is 0.993. The fourth-order valence-corrected chi connectivity index (χ4v) is 1.72. The molecule has 2 aromatic heterocycles. The molecule has 126 valence electrons. The molecule has 1 amide bonds. The predicted molar refractivity (Wildman–Crippen MR) is 75.5 cm³/mol. The molecule has 0 aliphatic carbocycles. The van der Waals surface area contributed by atoms with Crippen LogP contribution < -0.4 is 5.32 Å². The van der Waals surface area contributed by atoms with Crippen LogP contribution >= 0.6 is 0 Å². The van der Waals surface area contributed by atoms with Crippen molar-refractivity contribution in [1.82, 2.24) is 19.7 Å². The Morgan fingerprint density at radius 3 is 2.70 bits per heavy atom. The second kappa shape index (κ2) is 6.03. The number of carbonyl (C=O) groups excluding carboxylic acids is 1. The number of hydrogen-bond donors (Lipinski definition) is 2. The number of rotatable bonds is 5. The molecular formula is C13H16F3N5O2. The Bertz CT molecular complexity index is 690. The van der Waals surface area contributed by atoms with Crippen molar-refractivity contribution in [2.45, 2.75) is 25.6 Å². The standard InChI is InChI=1S/C13H16F3N5O2/c1-12(2,23-7-13(14,15)16)11(22)18-9-6-8(19-20-9)10-17-4-5-21(10)3/h4-6H,7H2,1-3H3,(H2,18,19,20,22). The van der Waals surface area contributed by atoms with Gasteiger partial charge in [0.05, 0.1) is 0 Å². The van der Waals surface area contributed by atoms with Crippen molar-refractivity contribution in [3.05, 3.63) is 18.5 Å². The van der Waals surface area contributed by atoms with Gasteiger partial charge in [0.15, 0.2) is 11.6 Å². The van der Waals surface area contributed by atoms with Crippen LogP contribution in [0.1, 0.15) is 13.8 Å². The summed E-state index contributed by atoms with van der Waals surface area (Å²) in [7, 11) is 1.79. The summed E-state index contributed by atoms with van der Waals surface area (Å²) in [5, 5.41) is 8.99. The largest absolute Gasteiger partial charge is 0.411 e. The number of halogens is 3. The van der Waals surface area contributed by atoms with E-state index in [2.05, 4.69) is 25.2 Å². The molecule has 0 bridgehead atoms. The zero-order valence-electron chi connectivity index (χ0n) is 12.7. The van der Waals surface area contributed by atoms with E-state index in [4.69, 9.17) is 0 Å². The second-order valence-corrected chi connectivity index (χ2v) is 5.40. The first-order valence-corrected chi connectivity index (χ1v) is 6.64. The smallest absolute Gasteiger partial charge is 0.356 e. The van der Waals surface area contributed by atoms with Gasteiger partial charge in [-0.3, -0.25) is 9.89 Å². The maximum atomic E-state index is 12.2. The van der Waals surface area contributed by atoms with Crippen molar-refractivity contribution in [3.63, 3.8) is 0 Å². The summed E-state index contributed by atoms with van der Waals surface area (Å²) in [4.78, 5) is 16.1. The van der Waals surface area contributed by atoms with E-state index in [0.29, 0.717) is 11.5 Å². The number of carbonyl (C=O) groups is 1. The molecule has 10 heteroatoms. The fourth-order valence-electron chi connectivity index (χ4n) is 1.72.